The molecule has 1 amide bonds. The van der Waals surface area contributed by atoms with E-state index in [1.165, 1.54) is 11.3 Å². The summed E-state index contributed by atoms with van der Waals surface area (Å²) in [5.74, 6) is 0.128. The number of morpholine rings is 1. The molecule has 0 saturated carbocycles. The number of ether oxygens (including phenoxy) is 1. The van der Waals surface area contributed by atoms with Crippen molar-refractivity contribution >= 4 is 28.2 Å². The van der Waals surface area contributed by atoms with Crippen molar-refractivity contribution in [3.05, 3.63) is 16.5 Å². The van der Waals surface area contributed by atoms with Crippen molar-refractivity contribution < 1.29 is 9.53 Å². The lowest BCUT2D eigenvalue weighted by Crippen LogP contribution is -2.36. The third-order valence-electron chi connectivity index (χ3n) is 2.90. The first-order valence-corrected chi connectivity index (χ1v) is 7.40. The Morgan fingerprint density at radius 1 is 1.50 bits per heavy atom. The second-order valence-electron chi connectivity index (χ2n) is 4.80. The van der Waals surface area contributed by atoms with Crippen LogP contribution in [0.15, 0.2) is 11.6 Å². The minimum atomic E-state index is -0.169. The second kappa shape index (κ2) is 6.71. The van der Waals surface area contributed by atoms with Crippen molar-refractivity contribution in [3.63, 3.8) is 0 Å². The molecular weight excluding hydrogens is 276 g/mol. The Labute approximate surface area is 122 Å². The quantitative estimate of drug-likeness (QED) is 0.818. The fraction of sp³-hybridized carbons (Fsp3) is 0.538. The number of amides is 1. The van der Waals surface area contributed by atoms with E-state index in [-0.39, 0.29) is 5.91 Å². The SMILES string of the molecule is CC(C)=CCNC(=O)c1sc(N2CCOCC2)nc1N. The molecule has 0 aliphatic carbocycles. The summed E-state index contributed by atoms with van der Waals surface area (Å²) in [5, 5.41) is 3.61. The first-order valence-electron chi connectivity index (χ1n) is 6.58. The van der Waals surface area contributed by atoms with Gasteiger partial charge in [0.2, 0.25) is 0 Å². The molecule has 3 N–H and O–H groups in total. The molecule has 2 heterocycles. The highest BCUT2D eigenvalue weighted by Gasteiger charge is 2.20. The number of aromatic nitrogens is 1. The number of hydrogen-bond donors (Lipinski definition) is 2. The van der Waals surface area contributed by atoms with E-state index in [0.717, 1.165) is 23.8 Å². The molecule has 0 atom stereocenters. The van der Waals surface area contributed by atoms with Crippen molar-refractivity contribution in [1.82, 2.24) is 10.3 Å². The smallest absolute Gasteiger partial charge is 0.265 e. The molecule has 0 unspecified atom stereocenters. The molecular formula is C13H20N4O2S. The van der Waals surface area contributed by atoms with Gasteiger partial charge in [0.05, 0.1) is 13.2 Å². The number of thiazole rings is 1. The molecule has 1 aromatic rings. The van der Waals surface area contributed by atoms with Crippen LogP contribution in [0.2, 0.25) is 0 Å². The van der Waals surface area contributed by atoms with Gasteiger partial charge in [0.15, 0.2) is 5.13 Å². The Bertz CT molecular complexity index is 502. The van der Waals surface area contributed by atoms with E-state index in [0.29, 0.717) is 30.5 Å². The molecule has 2 rings (SSSR count). The van der Waals surface area contributed by atoms with E-state index in [2.05, 4.69) is 15.2 Å². The normalized spacial score (nSPS) is 15.0. The summed E-state index contributed by atoms with van der Waals surface area (Å²) in [5.41, 5.74) is 7.01. The number of nitrogen functional groups attached to an aromatic ring is 1. The predicted octanol–water partition coefficient (Wildman–Crippen LogP) is 1.26. The van der Waals surface area contributed by atoms with Crippen LogP contribution in [0.4, 0.5) is 10.9 Å². The summed E-state index contributed by atoms with van der Waals surface area (Å²) in [6.07, 6.45) is 1.96. The van der Waals surface area contributed by atoms with Gasteiger partial charge >= 0.3 is 0 Å². The molecule has 20 heavy (non-hydrogen) atoms. The van der Waals surface area contributed by atoms with E-state index in [4.69, 9.17) is 10.5 Å². The zero-order chi connectivity index (χ0) is 14.5. The zero-order valence-electron chi connectivity index (χ0n) is 11.8. The summed E-state index contributed by atoms with van der Waals surface area (Å²) in [6, 6.07) is 0. The maximum Gasteiger partial charge on any atom is 0.265 e. The summed E-state index contributed by atoms with van der Waals surface area (Å²) < 4.78 is 5.30. The van der Waals surface area contributed by atoms with E-state index >= 15 is 0 Å². The number of anilines is 2. The average molecular weight is 296 g/mol. The van der Waals surface area contributed by atoms with Gasteiger partial charge in [-0.05, 0) is 13.8 Å². The van der Waals surface area contributed by atoms with Crippen LogP contribution >= 0.6 is 11.3 Å². The Kier molecular flexibility index (Phi) is 4.97. The van der Waals surface area contributed by atoms with Gasteiger partial charge in [-0.25, -0.2) is 4.98 Å². The lowest BCUT2D eigenvalue weighted by molar-refractivity contribution is 0.0962. The molecule has 110 valence electrons. The highest BCUT2D eigenvalue weighted by Crippen LogP contribution is 2.28. The van der Waals surface area contributed by atoms with Crippen LogP contribution < -0.4 is 16.0 Å². The molecule has 1 fully saturated rings. The second-order valence-corrected chi connectivity index (χ2v) is 5.78. The van der Waals surface area contributed by atoms with Crippen molar-refractivity contribution in [3.8, 4) is 0 Å². The number of hydrogen-bond acceptors (Lipinski definition) is 6. The molecule has 0 aromatic carbocycles. The van der Waals surface area contributed by atoms with Gasteiger partial charge in [0.25, 0.3) is 5.91 Å². The van der Waals surface area contributed by atoms with Crippen LogP contribution in [0.5, 0.6) is 0 Å². The van der Waals surface area contributed by atoms with Crippen LogP contribution in [-0.4, -0.2) is 43.7 Å². The number of carbonyl (C=O) groups excluding carboxylic acids is 1. The number of rotatable bonds is 4. The van der Waals surface area contributed by atoms with Crippen molar-refractivity contribution in [2.24, 2.45) is 0 Å². The van der Waals surface area contributed by atoms with Gasteiger partial charge in [-0.1, -0.05) is 23.0 Å². The lowest BCUT2D eigenvalue weighted by Gasteiger charge is -2.25. The maximum atomic E-state index is 12.0. The summed E-state index contributed by atoms with van der Waals surface area (Å²) in [7, 11) is 0. The summed E-state index contributed by atoms with van der Waals surface area (Å²) in [6.45, 7) is 7.42. The Morgan fingerprint density at radius 2 is 2.20 bits per heavy atom. The third kappa shape index (κ3) is 3.71. The number of carbonyl (C=O) groups is 1. The molecule has 7 heteroatoms. The number of nitrogens with two attached hydrogens (primary N) is 1. The average Bonchev–Trinajstić information content (AvgIpc) is 2.81. The lowest BCUT2D eigenvalue weighted by atomic mass is 10.3. The number of allylic oxidation sites excluding steroid dienone is 1. The Balaban J connectivity index is 2.02. The topological polar surface area (TPSA) is 80.5 Å². The highest BCUT2D eigenvalue weighted by molar-refractivity contribution is 7.18. The number of nitrogens with one attached hydrogen (secondary N) is 1. The van der Waals surface area contributed by atoms with Gasteiger partial charge in [0, 0.05) is 19.6 Å². The van der Waals surface area contributed by atoms with Crippen LogP contribution in [0.25, 0.3) is 0 Å². The Hall–Kier alpha value is -1.60. The first kappa shape index (κ1) is 14.8. The van der Waals surface area contributed by atoms with Gasteiger partial charge in [-0.3, -0.25) is 4.79 Å². The van der Waals surface area contributed by atoms with Crippen molar-refractivity contribution in [2.75, 3.05) is 43.5 Å². The van der Waals surface area contributed by atoms with Crippen molar-refractivity contribution in [2.45, 2.75) is 13.8 Å². The zero-order valence-corrected chi connectivity index (χ0v) is 12.6. The van der Waals surface area contributed by atoms with E-state index in [1.54, 1.807) is 0 Å². The van der Waals surface area contributed by atoms with Crippen LogP contribution in [0.1, 0.15) is 23.5 Å². The number of nitrogens with zero attached hydrogens (tertiary/aromatic N) is 2. The van der Waals surface area contributed by atoms with Crippen LogP contribution in [0, 0.1) is 0 Å². The molecule has 0 spiro atoms. The minimum absolute atomic E-state index is 0.169. The molecule has 0 radical (unpaired) electrons. The van der Waals surface area contributed by atoms with E-state index < -0.39 is 0 Å². The molecule has 1 aliphatic rings. The largest absolute Gasteiger partial charge is 0.382 e. The maximum absolute atomic E-state index is 12.0. The molecule has 1 aromatic heterocycles. The van der Waals surface area contributed by atoms with Crippen LogP contribution in [0.3, 0.4) is 0 Å². The highest BCUT2D eigenvalue weighted by atomic mass is 32.1. The standard InChI is InChI=1S/C13H20N4O2S/c1-9(2)3-4-15-12(18)10-11(14)16-13(20-10)17-5-7-19-8-6-17/h3H,4-8,14H2,1-2H3,(H,15,18). The summed E-state index contributed by atoms with van der Waals surface area (Å²) in [4.78, 5) is 18.9. The van der Waals surface area contributed by atoms with E-state index in [9.17, 15) is 4.79 Å². The predicted molar refractivity (Wildman–Crippen MR) is 81.3 cm³/mol. The monoisotopic (exact) mass is 296 g/mol. The molecule has 0 bridgehead atoms. The summed E-state index contributed by atoms with van der Waals surface area (Å²) >= 11 is 1.33. The minimum Gasteiger partial charge on any atom is -0.382 e. The fourth-order valence-corrected chi connectivity index (χ4v) is 2.75. The molecule has 1 saturated heterocycles. The van der Waals surface area contributed by atoms with Crippen molar-refractivity contribution in [1.29, 1.82) is 0 Å². The van der Waals surface area contributed by atoms with E-state index in [1.807, 2.05) is 19.9 Å². The van der Waals surface area contributed by atoms with Gasteiger partial charge in [-0.15, -0.1) is 0 Å². The molecule has 1 aliphatic heterocycles. The van der Waals surface area contributed by atoms with Gasteiger partial charge in [0.1, 0.15) is 10.7 Å². The fourth-order valence-electron chi connectivity index (χ4n) is 1.80. The van der Waals surface area contributed by atoms with Gasteiger partial charge < -0.3 is 20.7 Å². The Morgan fingerprint density at radius 3 is 2.85 bits per heavy atom. The first-order chi connectivity index (χ1) is 9.58. The molecule has 6 nitrogen and oxygen atoms in total. The van der Waals surface area contributed by atoms with Crippen LogP contribution in [-0.2, 0) is 4.74 Å². The van der Waals surface area contributed by atoms with Gasteiger partial charge in [-0.2, -0.15) is 0 Å². The third-order valence-corrected chi connectivity index (χ3v) is 4.03.